The molecule has 0 aromatic rings. The van der Waals surface area contributed by atoms with Gasteiger partial charge >= 0.3 is 5.97 Å². The lowest BCUT2D eigenvalue weighted by Crippen LogP contribution is -2.28. The van der Waals surface area contributed by atoms with Crippen LogP contribution in [0.15, 0.2) is 23.8 Å². The molecule has 2 rings (SSSR count). The summed E-state index contributed by atoms with van der Waals surface area (Å²) >= 11 is 0. The Morgan fingerprint density at radius 3 is 2.54 bits per heavy atom. The first-order chi connectivity index (χ1) is 5.99. The van der Waals surface area contributed by atoms with Gasteiger partial charge in [0.1, 0.15) is 11.2 Å². The van der Waals surface area contributed by atoms with E-state index in [0.29, 0.717) is 5.57 Å². The highest BCUT2D eigenvalue weighted by Gasteiger charge is 2.49. The normalized spacial score (nSPS) is 40.7. The van der Waals surface area contributed by atoms with E-state index in [2.05, 4.69) is 4.74 Å². The maximum absolute atomic E-state index is 11.3. The van der Waals surface area contributed by atoms with E-state index in [9.17, 15) is 4.79 Å². The van der Waals surface area contributed by atoms with Gasteiger partial charge in [0.25, 0.3) is 0 Å². The first kappa shape index (κ1) is 8.51. The van der Waals surface area contributed by atoms with Crippen molar-refractivity contribution in [2.75, 3.05) is 7.11 Å². The van der Waals surface area contributed by atoms with Crippen LogP contribution in [0.4, 0.5) is 0 Å². The topological polar surface area (TPSA) is 35.5 Å². The third-order valence-electron chi connectivity index (χ3n) is 2.54. The molecule has 2 aliphatic heterocycles. The molecule has 0 amide bonds. The quantitative estimate of drug-likeness (QED) is 0.449. The molecule has 0 aliphatic carbocycles. The van der Waals surface area contributed by atoms with E-state index in [1.54, 1.807) is 0 Å². The second-order valence-corrected chi connectivity index (χ2v) is 3.78. The molecule has 2 heterocycles. The van der Waals surface area contributed by atoms with Gasteiger partial charge in [-0.1, -0.05) is 0 Å². The second-order valence-electron chi connectivity index (χ2n) is 3.78. The largest absolute Gasteiger partial charge is 0.466 e. The summed E-state index contributed by atoms with van der Waals surface area (Å²) < 4.78 is 10.4. The molecule has 0 fully saturated rings. The van der Waals surface area contributed by atoms with Crippen LogP contribution in [0.3, 0.4) is 0 Å². The molecule has 3 nitrogen and oxygen atoms in total. The maximum atomic E-state index is 11.3. The van der Waals surface area contributed by atoms with Crippen molar-refractivity contribution in [3.05, 3.63) is 23.8 Å². The van der Waals surface area contributed by atoms with Gasteiger partial charge in [0.2, 0.25) is 0 Å². The first-order valence-electron chi connectivity index (χ1n) is 4.21. The third-order valence-corrected chi connectivity index (χ3v) is 2.54. The average Bonchev–Trinajstić information content (AvgIpc) is 2.51. The molecule has 70 valence electrons. The standard InChI is InChI=1S/C10H12O3/c1-9-4-5-10(2,13-9)7(6-9)8(11)12-3/h4-6H,1-3H3. The number of carbonyl (C=O) groups excluding carboxylic acids is 1. The van der Waals surface area contributed by atoms with Crippen LogP contribution >= 0.6 is 0 Å². The number of carbonyl (C=O) groups is 1. The SMILES string of the molecule is COC(=O)C1=CC2(C)C=CC1(C)O2. The fourth-order valence-corrected chi connectivity index (χ4v) is 1.87. The van der Waals surface area contributed by atoms with Crippen molar-refractivity contribution in [2.45, 2.75) is 25.0 Å². The van der Waals surface area contributed by atoms with Crippen molar-refractivity contribution in [1.82, 2.24) is 0 Å². The average molecular weight is 180 g/mol. The summed E-state index contributed by atoms with van der Waals surface area (Å²) in [5.74, 6) is -0.310. The zero-order chi connectivity index (χ0) is 9.69. The summed E-state index contributed by atoms with van der Waals surface area (Å²) in [4.78, 5) is 11.3. The molecule has 13 heavy (non-hydrogen) atoms. The van der Waals surface area contributed by atoms with Crippen LogP contribution in [-0.2, 0) is 14.3 Å². The van der Waals surface area contributed by atoms with Crippen LogP contribution in [0.1, 0.15) is 13.8 Å². The van der Waals surface area contributed by atoms with Crippen molar-refractivity contribution in [2.24, 2.45) is 0 Å². The van der Waals surface area contributed by atoms with Gasteiger partial charge < -0.3 is 9.47 Å². The molecule has 2 atom stereocenters. The minimum Gasteiger partial charge on any atom is -0.466 e. The smallest absolute Gasteiger partial charge is 0.336 e. The summed E-state index contributed by atoms with van der Waals surface area (Å²) in [6.45, 7) is 3.79. The molecule has 0 saturated heterocycles. The lowest BCUT2D eigenvalue weighted by Gasteiger charge is -2.20. The number of methoxy groups -OCH3 is 1. The fraction of sp³-hybridized carbons (Fsp3) is 0.500. The van der Waals surface area contributed by atoms with Gasteiger partial charge in [-0.15, -0.1) is 0 Å². The Morgan fingerprint density at radius 2 is 2.15 bits per heavy atom. The van der Waals surface area contributed by atoms with Crippen LogP contribution in [0, 0.1) is 0 Å². The van der Waals surface area contributed by atoms with E-state index < -0.39 is 11.2 Å². The molecule has 0 aromatic heterocycles. The predicted molar refractivity (Wildman–Crippen MR) is 47.1 cm³/mol. The van der Waals surface area contributed by atoms with Crippen molar-refractivity contribution < 1.29 is 14.3 Å². The van der Waals surface area contributed by atoms with E-state index in [4.69, 9.17) is 4.74 Å². The molecule has 3 heteroatoms. The number of rotatable bonds is 1. The molecule has 0 spiro atoms. The van der Waals surface area contributed by atoms with Crippen LogP contribution in [0.2, 0.25) is 0 Å². The van der Waals surface area contributed by atoms with E-state index in [1.807, 2.05) is 32.1 Å². The highest BCUT2D eigenvalue weighted by molar-refractivity contribution is 5.93. The van der Waals surface area contributed by atoms with Crippen LogP contribution in [0.5, 0.6) is 0 Å². The molecular formula is C10H12O3. The van der Waals surface area contributed by atoms with Crippen molar-refractivity contribution in [1.29, 1.82) is 0 Å². The molecular weight excluding hydrogens is 168 g/mol. The Kier molecular flexibility index (Phi) is 1.46. The second kappa shape index (κ2) is 2.23. The highest BCUT2D eigenvalue weighted by atomic mass is 16.5. The van der Waals surface area contributed by atoms with E-state index in [-0.39, 0.29) is 5.97 Å². The van der Waals surface area contributed by atoms with Crippen LogP contribution in [-0.4, -0.2) is 24.3 Å². The lowest BCUT2D eigenvalue weighted by molar-refractivity contribution is -0.138. The summed E-state index contributed by atoms with van der Waals surface area (Å²) in [5, 5.41) is 0. The van der Waals surface area contributed by atoms with Crippen LogP contribution < -0.4 is 0 Å². The molecule has 0 N–H and O–H groups in total. The minimum absolute atomic E-state index is 0.310. The van der Waals surface area contributed by atoms with Gasteiger partial charge in [-0.05, 0) is 32.1 Å². The number of hydrogen-bond donors (Lipinski definition) is 0. The van der Waals surface area contributed by atoms with Gasteiger partial charge in [0.15, 0.2) is 0 Å². The minimum atomic E-state index is -0.582. The van der Waals surface area contributed by atoms with Gasteiger partial charge in [-0.2, -0.15) is 0 Å². The van der Waals surface area contributed by atoms with Crippen molar-refractivity contribution in [3.8, 4) is 0 Å². The zero-order valence-corrected chi connectivity index (χ0v) is 7.96. The Bertz CT molecular complexity index is 329. The van der Waals surface area contributed by atoms with E-state index in [1.165, 1.54) is 7.11 Å². The van der Waals surface area contributed by atoms with Gasteiger partial charge in [0, 0.05) is 0 Å². The van der Waals surface area contributed by atoms with Crippen molar-refractivity contribution in [3.63, 3.8) is 0 Å². The molecule has 0 saturated carbocycles. The Morgan fingerprint density at radius 1 is 1.46 bits per heavy atom. The first-order valence-corrected chi connectivity index (χ1v) is 4.21. The fourth-order valence-electron chi connectivity index (χ4n) is 1.87. The molecule has 2 bridgehead atoms. The monoisotopic (exact) mass is 180 g/mol. The van der Waals surface area contributed by atoms with Crippen LogP contribution in [0.25, 0.3) is 0 Å². The summed E-state index contributed by atoms with van der Waals surface area (Å²) in [6.07, 6.45) is 5.68. The lowest BCUT2D eigenvalue weighted by atomic mass is 9.90. The number of hydrogen-bond acceptors (Lipinski definition) is 3. The molecule has 0 radical (unpaired) electrons. The maximum Gasteiger partial charge on any atom is 0.336 e. The molecule has 2 unspecified atom stereocenters. The molecule has 0 aromatic carbocycles. The third kappa shape index (κ3) is 1.04. The highest BCUT2D eigenvalue weighted by Crippen LogP contribution is 2.44. The summed E-state index contributed by atoms with van der Waals surface area (Å²) in [7, 11) is 1.38. The number of esters is 1. The van der Waals surface area contributed by atoms with Gasteiger partial charge in [-0.25, -0.2) is 4.79 Å². The Balaban J connectivity index is 2.39. The summed E-state index contributed by atoms with van der Waals surface area (Å²) in [5.41, 5.74) is -0.403. The molecule has 2 aliphatic rings. The Hall–Kier alpha value is -1.09. The Labute approximate surface area is 77.0 Å². The van der Waals surface area contributed by atoms with Gasteiger partial charge in [0.05, 0.1) is 12.7 Å². The summed E-state index contributed by atoms with van der Waals surface area (Å²) in [6, 6.07) is 0. The van der Waals surface area contributed by atoms with Gasteiger partial charge in [-0.3, -0.25) is 0 Å². The van der Waals surface area contributed by atoms with E-state index >= 15 is 0 Å². The van der Waals surface area contributed by atoms with Crippen molar-refractivity contribution >= 4 is 5.97 Å². The zero-order valence-electron chi connectivity index (χ0n) is 7.96. The number of ether oxygens (including phenoxy) is 2. The predicted octanol–water partition coefficient (Wildman–Crippen LogP) is 1.20. The van der Waals surface area contributed by atoms with E-state index in [0.717, 1.165) is 0 Å². The number of fused-ring (bicyclic) bond motifs is 2.